The van der Waals surface area contributed by atoms with E-state index in [4.69, 9.17) is 0 Å². The van der Waals surface area contributed by atoms with Gasteiger partial charge in [0.2, 0.25) is 0 Å². The van der Waals surface area contributed by atoms with E-state index in [-0.39, 0.29) is 0 Å². The first-order chi connectivity index (χ1) is 7.18. The van der Waals surface area contributed by atoms with Crippen molar-refractivity contribution in [3.63, 3.8) is 0 Å². The summed E-state index contributed by atoms with van der Waals surface area (Å²) in [5.74, 6) is 0.458. The molecule has 84 valence electrons. The number of hydrogen-bond acceptors (Lipinski definition) is 2. The average Bonchev–Trinajstić information content (AvgIpc) is 2.66. The number of aryl methyl sites for hydroxylation is 1. The lowest BCUT2D eigenvalue weighted by molar-refractivity contribution is -0.0558. The minimum atomic E-state index is -0.531. The number of aliphatic hydroxyl groups is 1. The highest BCUT2D eigenvalue weighted by Crippen LogP contribution is 2.45. The van der Waals surface area contributed by atoms with Gasteiger partial charge in [-0.15, -0.1) is 11.3 Å². The van der Waals surface area contributed by atoms with Crippen LogP contribution in [-0.2, 0) is 5.60 Å². The van der Waals surface area contributed by atoms with Gasteiger partial charge in [-0.1, -0.05) is 26.2 Å². The molecule has 2 heteroatoms. The molecule has 0 amide bonds. The summed E-state index contributed by atoms with van der Waals surface area (Å²) in [6, 6.07) is 2.12. The Balaban J connectivity index is 2.34. The minimum Gasteiger partial charge on any atom is -0.385 e. The van der Waals surface area contributed by atoms with Crippen molar-refractivity contribution >= 4 is 11.3 Å². The van der Waals surface area contributed by atoms with Gasteiger partial charge in [-0.3, -0.25) is 0 Å². The van der Waals surface area contributed by atoms with Crippen molar-refractivity contribution in [3.8, 4) is 0 Å². The summed E-state index contributed by atoms with van der Waals surface area (Å²) < 4.78 is 0. The smallest absolute Gasteiger partial charge is 0.0935 e. The SMILES string of the molecule is CCC1CCCCC1(O)c1ccsc1C. The predicted molar refractivity (Wildman–Crippen MR) is 65.2 cm³/mol. The Bertz CT molecular complexity index is 331. The fraction of sp³-hybridized carbons (Fsp3) is 0.692. The molecule has 1 N–H and O–H groups in total. The lowest BCUT2D eigenvalue weighted by atomic mass is 9.70. The summed E-state index contributed by atoms with van der Waals surface area (Å²) in [5, 5.41) is 13.0. The van der Waals surface area contributed by atoms with E-state index >= 15 is 0 Å². The molecule has 1 aromatic heterocycles. The molecule has 2 unspecified atom stereocenters. The molecule has 0 spiro atoms. The lowest BCUT2D eigenvalue weighted by Crippen LogP contribution is -2.37. The first-order valence-corrected chi connectivity index (χ1v) is 6.83. The van der Waals surface area contributed by atoms with E-state index in [2.05, 4.69) is 25.3 Å². The van der Waals surface area contributed by atoms with E-state index in [1.54, 1.807) is 11.3 Å². The normalized spacial score (nSPS) is 31.8. The summed E-state index contributed by atoms with van der Waals surface area (Å²) in [4.78, 5) is 1.29. The van der Waals surface area contributed by atoms with Crippen molar-refractivity contribution in [3.05, 3.63) is 21.9 Å². The summed E-state index contributed by atoms with van der Waals surface area (Å²) >= 11 is 1.75. The Kier molecular flexibility index (Phi) is 3.17. The highest BCUT2D eigenvalue weighted by molar-refractivity contribution is 7.10. The fourth-order valence-electron chi connectivity index (χ4n) is 2.96. The molecule has 0 aromatic carbocycles. The molecule has 0 bridgehead atoms. The van der Waals surface area contributed by atoms with E-state index in [1.165, 1.54) is 29.7 Å². The molecule has 0 saturated heterocycles. The van der Waals surface area contributed by atoms with Gasteiger partial charge >= 0.3 is 0 Å². The first kappa shape index (κ1) is 11.2. The molecular formula is C13H20OS. The molecule has 1 nitrogen and oxygen atoms in total. The van der Waals surface area contributed by atoms with Gasteiger partial charge < -0.3 is 5.11 Å². The molecule has 1 saturated carbocycles. The van der Waals surface area contributed by atoms with Crippen molar-refractivity contribution in [1.82, 2.24) is 0 Å². The summed E-state index contributed by atoms with van der Waals surface area (Å²) in [7, 11) is 0. The van der Waals surface area contributed by atoms with Gasteiger partial charge in [-0.25, -0.2) is 0 Å². The van der Waals surface area contributed by atoms with Crippen LogP contribution in [0.1, 0.15) is 49.5 Å². The second-order valence-electron chi connectivity index (χ2n) is 4.67. The Morgan fingerprint density at radius 2 is 2.33 bits per heavy atom. The quantitative estimate of drug-likeness (QED) is 0.809. The van der Waals surface area contributed by atoms with Crippen LogP contribution in [0.5, 0.6) is 0 Å². The minimum absolute atomic E-state index is 0.458. The van der Waals surface area contributed by atoms with Crippen molar-refractivity contribution in [2.75, 3.05) is 0 Å². The van der Waals surface area contributed by atoms with Crippen LogP contribution in [0.4, 0.5) is 0 Å². The maximum atomic E-state index is 10.9. The van der Waals surface area contributed by atoms with E-state index in [0.29, 0.717) is 5.92 Å². The summed E-state index contributed by atoms with van der Waals surface area (Å²) in [6.45, 7) is 4.32. The van der Waals surface area contributed by atoms with Crippen LogP contribution >= 0.6 is 11.3 Å². The zero-order chi connectivity index (χ0) is 10.9. The standard InChI is InChI=1S/C13H20OS/c1-3-11-6-4-5-8-13(11,14)12-7-9-15-10(12)2/h7,9,11,14H,3-6,8H2,1-2H3. The third kappa shape index (κ3) is 1.85. The van der Waals surface area contributed by atoms with E-state index < -0.39 is 5.60 Å². The molecule has 0 radical (unpaired) electrons. The van der Waals surface area contributed by atoms with Crippen LogP contribution in [0.25, 0.3) is 0 Å². The molecule has 2 atom stereocenters. The average molecular weight is 224 g/mol. The number of hydrogen-bond donors (Lipinski definition) is 1. The largest absolute Gasteiger partial charge is 0.385 e. The van der Waals surface area contributed by atoms with Gasteiger partial charge in [0.05, 0.1) is 5.60 Å². The molecule has 1 heterocycles. The summed E-state index contributed by atoms with van der Waals surface area (Å²) in [5.41, 5.74) is 0.663. The molecule has 2 rings (SSSR count). The molecule has 1 aromatic rings. The maximum absolute atomic E-state index is 10.9. The van der Waals surface area contributed by atoms with Crippen LogP contribution in [-0.4, -0.2) is 5.11 Å². The molecule has 1 aliphatic rings. The van der Waals surface area contributed by atoms with Crippen molar-refractivity contribution < 1.29 is 5.11 Å². The van der Waals surface area contributed by atoms with Crippen LogP contribution < -0.4 is 0 Å². The summed E-state index contributed by atoms with van der Waals surface area (Å²) in [6.07, 6.45) is 5.67. The fourth-order valence-corrected chi connectivity index (χ4v) is 3.74. The molecule has 0 aliphatic heterocycles. The Hall–Kier alpha value is -0.340. The van der Waals surface area contributed by atoms with Crippen molar-refractivity contribution in [2.45, 2.75) is 51.6 Å². The van der Waals surface area contributed by atoms with Gasteiger partial charge in [-0.2, -0.15) is 0 Å². The highest BCUT2D eigenvalue weighted by atomic mass is 32.1. The molecule has 15 heavy (non-hydrogen) atoms. The van der Waals surface area contributed by atoms with Crippen LogP contribution in [0.2, 0.25) is 0 Å². The zero-order valence-electron chi connectivity index (χ0n) is 9.62. The Morgan fingerprint density at radius 1 is 1.53 bits per heavy atom. The van der Waals surface area contributed by atoms with E-state index in [0.717, 1.165) is 12.8 Å². The van der Waals surface area contributed by atoms with Crippen molar-refractivity contribution in [1.29, 1.82) is 0 Å². The molecule has 1 aliphatic carbocycles. The van der Waals surface area contributed by atoms with Gasteiger partial charge in [0.15, 0.2) is 0 Å². The maximum Gasteiger partial charge on any atom is 0.0935 e. The van der Waals surface area contributed by atoms with Crippen LogP contribution in [0.3, 0.4) is 0 Å². The van der Waals surface area contributed by atoms with E-state index in [1.807, 2.05) is 0 Å². The third-order valence-electron chi connectivity index (χ3n) is 3.85. The second-order valence-corrected chi connectivity index (χ2v) is 5.79. The first-order valence-electron chi connectivity index (χ1n) is 5.95. The monoisotopic (exact) mass is 224 g/mol. The molecular weight excluding hydrogens is 204 g/mol. The highest BCUT2D eigenvalue weighted by Gasteiger charge is 2.40. The van der Waals surface area contributed by atoms with Crippen LogP contribution in [0, 0.1) is 12.8 Å². The number of rotatable bonds is 2. The van der Waals surface area contributed by atoms with Crippen LogP contribution in [0.15, 0.2) is 11.4 Å². The Labute approximate surface area is 96.1 Å². The third-order valence-corrected chi connectivity index (χ3v) is 4.70. The van der Waals surface area contributed by atoms with Gasteiger partial charge in [0.25, 0.3) is 0 Å². The van der Waals surface area contributed by atoms with Crippen molar-refractivity contribution in [2.24, 2.45) is 5.92 Å². The predicted octanol–water partition coefficient (Wildman–Crippen LogP) is 3.84. The Morgan fingerprint density at radius 3 is 2.93 bits per heavy atom. The molecule has 1 fully saturated rings. The van der Waals surface area contributed by atoms with Gasteiger partial charge in [0, 0.05) is 4.88 Å². The second kappa shape index (κ2) is 4.26. The van der Waals surface area contributed by atoms with Gasteiger partial charge in [0.1, 0.15) is 0 Å². The van der Waals surface area contributed by atoms with E-state index in [9.17, 15) is 5.11 Å². The van der Waals surface area contributed by atoms with Gasteiger partial charge in [-0.05, 0) is 42.7 Å². The lowest BCUT2D eigenvalue weighted by Gasteiger charge is -2.40. The zero-order valence-corrected chi connectivity index (χ0v) is 10.4. The number of thiophene rings is 1. The topological polar surface area (TPSA) is 20.2 Å².